The van der Waals surface area contributed by atoms with Crippen molar-refractivity contribution in [3.8, 4) is 0 Å². The molecular formula is C6H8F3NO2. The Balaban J connectivity index is 2.51. The first-order chi connectivity index (χ1) is 5.41. The Morgan fingerprint density at radius 3 is 2.33 bits per heavy atom. The molecule has 12 heavy (non-hydrogen) atoms. The molecule has 2 N–H and O–H groups in total. The summed E-state index contributed by atoms with van der Waals surface area (Å²) in [5.74, 6) is -2.74. The van der Waals surface area contributed by atoms with E-state index in [2.05, 4.69) is 5.32 Å². The Morgan fingerprint density at radius 2 is 2.08 bits per heavy atom. The van der Waals surface area contributed by atoms with E-state index in [-0.39, 0.29) is 13.0 Å². The minimum Gasteiger partial charge on any atom is -0.480 e. The largest absolute Gasteiger partial charge is 0.480 e. The number of rotatable bonds is 1. The molecule has 2 atom stereocenters. The van der Waals surface area contributed by atoms with E-state index >= 15 is 0 Å². The summed E-state index contributed by atoms with van der Waals surface area (Å²) in [5.41, 5.74) is 0. The minimum atomic E-state index is -4.28. The van der Waals surface area contributed by atoms with Gasteiger partial charge in [0.1, 0.15) is 6.04 Å². The summed E-state index contributed by atoms with van der Waals surface area (Å²) in [4.78, 5) is 10.2. The lowest BCUT2D eigenvalue weighted by atomic mass is 10.1. The molecule has 6 heteroatoms. The van der Waals surface area contributed by atoms with Gasteiger partial charge in [0.2, 0.25) is 0 Å². The van der Waals surface area contributed by atoms with E-state index in [9.17, 15) is 18.0 Å². The zero-order valence-corrected chi connectivity index (χ0v) is 6.06. The van der Waals surface area contributed by atoms with E-state index in [4.69, 9.17) is 5.11 Å². The molecule has 1 unspecified atom stereocenters. The topological polar surface area (TPSA) is 49.3 Å². The van der Waals surface area contributed by atoms with E-state index in [1.165, 1.54) is 0 Å². The van der Waals surface area contributed by atoms with Crippen molar-refractivity contribution in [3.05, 3.63) is 0 Å². The maximum absolute atomic E-state index is 12.0. The Labute approximate surface area is 66.6 Å². The van der Waals surface area contributed by atoms with Gasteiger partial charge in [-0.25, -0.2) is 0 Å². The van der Waals surface area contributed by atoms with Gasteiger partial charge in [0, 0.05) is 6.54 Å². The van der Waals surface area contributed by atoms with Crippen LogP contribution in [0.3, 0.4) is 0 Å². The molecule has 0 aromatic rings. The molecule has 1 aliphatic heterocycles. The van der Waals surface area contributed by atoms with Crippen molar-refractivity contribution >= 4 is 5.97 Å². The van der Waals surface area contributed by atoms with Crippen LogP contribution in [0.5, 0.6) is 0 Å². The van der Waals surface area contributed by atoms with Crippen molar-refractivity contribution in [1.29, 1.82) is 0 Å². The van der Waals surface area contributed by atoms with Gasteiger partial charge in [-0.3, -0.25) is 4.79 Å². The van der Waals surface area contributed by atoms with Crippen molar-refractivity contribution in [1.82, 2.24) is 5.32 Å². The zero-order valence-electron chi connectivity index (χ0n) is 6.06. The monoisotopic (exact) mass is 183 g/mol. The Morgan fingerprint density at radius 1 is 1.50 bits per heavy atom. The molecule has 1 rings (SSSR count). The zero-order chi connectivity index (χ0) is 9.35. The molecule has 0 aliphatic carbocycles. The van der Waals surface area contributed by atoms with E-state index in [1.807, 2.05) is 0 Å². The smallest absolute Gasteiger partial charge is 0.393 e. The predicted octanol–water partition coefficient (Wildman–Crippen LogP) is 0.611. The second kappa shape index (κ2) is 2.93. The van der Waals surface area contributed by atoms with Gasteiger partial charge in [0.15, 0.2) is 0 Å². The summed E-state index contributed by atoms with van der Waals surface area (Å²) in [6.07, 6.45) is -4.64. The third-order valence-electron chi connectivity index (χ3n) is 1.89. The van der Waals surface area contributed by atoms with Crippen molar-refractivity contribution < 1.29 is 23.1 Å². The molecule has 1 fully saturated rings. The first-order valence-electron chi connectivity index (χ1n) is 3.44. The molecule has 0 aromatic carbocycles. The molecule has 1 heterocycles. The van der Waals surface area contributed by atoms with Gasteiger partial charge in [-0.15, -0.1) is 0 Å². The van der Waals surface area contributed by atoms with Gasteiger partial charge in [-0.05, 0) is 6.42 Å². The van der Waals surface area contributed by atoms with Crippen LogP contribution in [-0.2, 0) is 4.79 Å². The van der Waals surface area contributed by atoms with Crippen molar-refractivity contribution in [2.24, 2.45) is 5.92 Å². The molecule has 3 nitrogen and oxygen atoms in total. The highest BCUT2D eigenvalue weighted by molar-refractivity contribution is 5.73. The Hall–Kier alpha value is -0.780. The van der Waals surface area contributed by atoms with Crippen LogP contribution in [0.4, 0.5) is 13.2 Å². The average Bonchev–Trinajstić information content (AvgIpc) is 2.30. The number of hydrogen-bond donors (Lipinski definition) is 2. The summed E-state index contributed by atoms with van der Waals surface area (Å²) in [7, 11) is 0. The van der Waals surface area contributed by atoms with Crippen LogP contribution in [0.1, 0.15) is 6.42 Å². The fourth-order valence-electron chi connectivity index (χ4n) is 1.17. The molecular weight excluding hydrogens is 175 g/mol. The maximum Gasteiger partial charge on any atom is 0.393 e. The Bertz CT molecular complexity index is 192. The van der Waals surface area contributed by atoms with Crippen LogP contribution >= 0.6 is 0 Å². The normalized spacial score (nSPS) is 30.6. The number of carboxylic acids is 1. The summed E-state index contributed by atoms with van der Waals surface area (Å²) < 4.78 is 35.9. The van der Waals surface area contributed by atoms with Gasteiger partial charge in [-0.2, -0.15) is 13.2 Å². The second-order valence-electron chi connectivity index (χ2n) is 2.77. The van der Waals surface area contributed by atoms with Crippen LogP contribution in [0.15, 0.2) is 0 Å². The van der Waals surface area contributed by atoms with Crippen LogP contribution in [-0.4, -0.2) is 29.8 Å². The average molecular weight is 183 g/mol. The van der Waals surface area contributed by atoms with Gasteiger partial charge in [-0.1, -0.05) is 0 Å². The third-order valence-corrected chi connectivity index (χ3v) is 1.89. The first kappa shape index (κ1) is 9.31. The van der Waals surface area contributed by atoms with Gasteiger partial charge in [0.25, 0.3) is 0 Å². The maximum atomic E-state index is 12.0. The second-order valence-corrected chi connectivity index (χ2v) is 2.77. The van der Waals surface area contributed by atoms with Crippen LogP contribution in [0, 0.1) is 5.92 Å². The van der Waals surface area contributed by atoms with Crippen LogP contribution in [0.25, 0.3) is 0 Å². The number of hydrogen-bond acceptors (Lipinski definition) is 2. The van der Waals surface area contributed by atoms with Gasteiger partial charge in [0.05, 0.1) is 5.92 Å². The third kappa shape index (κ3) is 1.88. The molecule has 1 saturated heterocycles. The summed E-state index contributed by atoms with van der Waals surface area (Å²) in [5, 5.41) is 10.7. The number of nitrogens with one attached hydrogen (secondary N) is 1. The van der Waals surface area contributed by atoms with Crippen LogP contribution < -0.4 is 5.32 Å². The standard InChI is InChI=1S/C6H8F3NO2/c7-6(8,9)3-1-4(5(11)12)10-2-3/h3-4,10H,1-2H2,(H,11,12)/t3?,4-/m0/s1. The predicted molar refractivity (Wildman–Crippen MR) is 33.6 cm³/mol. The van der Waals surface area contributed by atoms with Crippen molar-refractivity contribution in [3.63, 3.8) is 0 Å². The number of alkyl halides is 3. The molecule has 0 radical (unpaired) electrons. The minimum absolute atomic E-state index is 0.291. The lowest BCUT2D eigenvalue weighted by Crippen LogP contribution is -2.30. The van der Waals surface area contributed by atoms with Crippen molar-refractivity contribution in [2.75, 3.05) is 6.54 Å². The van der Waals surface area contributed by atoms with Crippen LogP contribution in [0.2, 0.25) is 0 Å². The van der Waals surface area contributed by atoms with Gasteiger partial charge < -0.3 is 10.4 Å². The first-order valence-corrected chi connectivity index (χ1v) is 3.44. The Kier molecular flexibility index (Phi) is 2.27. The molecule has 0 amide bonds. The molecule has 0 saturated carbocycles. The van der Waals surface area contributed by atoms with E-state index < -0.39 is 24.1 Å². The van der Waals surface area contributed by atoms with E-state index in [0.29, 0.717) is 0 Å². The number of carboxylic acid groups (broad SMARTS) is 1. The number of aliphatic carboxylic acids is 1. The fraction of sp³-hybridized carbons (Fsp3) is 0.833. The molecule has 1 aliphatic rings. The van der Waals surface area contributed by atoms with Gasteiger partial charge >= 0.3 is 12.1 Å². The molecule has 70 valence electrons. The summed E-state index contributed by atoms with van der Waals surface area (Å²) in [6, 6.07) is -1.04. The van der Waals surface area contributed by atoms with E-state index in [1.54, 1.807) is 0 Å². The molecule has 0 spiro atoms. The van der Waals surface area contributed by atoms with E-state index in [0.717, 1.165) is 0 Å². The lowest BCUT2D eigenvalue weighted by Gasteiger charge is -2.12. The highest BCUT2D eigenvalue weighted by Gasteiger charge is 2.45. The molecule has 0 aromatic heterocycles. The molecule has 0 bridgehead atoms. The lowest BCUT2D eigenvalue weighted by molar-refractivity contribution is -0.169. The highest BCUT2D eigenvalue weighted by Crippen LogP contribution is 2.32. The SMILES string of the molecule is O=C(O)[C@@H]1CC(C(F)(F)F)CN1. The quantitative estimate of drug-likeness (QED) is 0.626. The number of carbonyl (C=O) groups is 1. The highest BCUT2D eigenvalue weighted by atomic mass is 19.4. The summed E-state index contributed by atoms with van der Waals surface area (Å²) >= 11 is 0. The summed E-state index contributed by atoms with van der Waals surface area (Å²) in [6.45, 7) is -0.291. The van der Waals surface area contributed by atoms with Crippen molar-refractivity contribution in [2.45, 2.75) is 18.6 Å². The fourth-order valence-corrected chi connectivity index (χ4v) is 1.17. The number of halogens is 3.